The fourth-order valence-electron chi connectivity index (χ4n) is 0.413. The van der Waals surface area contributed by atoms with Crippen LogP contribution in [0.1, 0.15) is 6.92 Å². The number of nitrogens with two attached hydrogens (primary N) is 1. The summed E-state index contributed by atoms with van der Waals surface area (Å²) in [7, 11) is 0. The van der Waals surface area contributed by atoms with Crippen molar-refractivity contribution >= 4 is 11.5 Å². The zero-order chi connectivity index (χ0) is 5.28. The summed E-state index contributed by atoms with van der Waals surface area (Å²) in [5, 5.41) is 0. The van der Waals surface area contributed by atoms with E-state index in [9.17, 15) is 0 Å². The maximum Gasteiger partial charge on any atom is 0.141 e. The molecule has 1 heterocycles. The summed E-state index contributed by atoms with van der Waals surface area (Å²) in [6.07, 6.45) is 0. The summed E-state index contributed by atoms with van der Waals surface area (Å²) < 4.78 is 0. The molecule has 0 saturated heterocycles. The number of hydrogen-bond acceptors (Lipinski definition) is 3. The molecule has 0 fully saturated rings. The fraction of sp³-hybridized carbons (Fsp3) is 0.500. The van der Waals surface area contributed by atoms with Crippen molar-refractivity contribution in [2.45, 2.75) is 6.92 Å². The first-order valence-corrected chi connectivity index (χ1v) is 2.12. The first-order valence-electron chi connectivity index (χ1n) is 2.12. The lowest BCUT2D eigenvalue weighted by molar-refractivity contribution is 1.10. The van der Waals surface area contributed by atoms with Crippen molar-refractivity contribution in [2.75, 3.05) is 6.67 Å². The number of rotatable bonds is 0. The van der Waals surface area contributed by atoms with Gasteiger partial charge in [-0.3, -0.25) is 4.99 Å². The van der Waals surface area contributed by atoms with E-state index in [4.69, 9.17) is 5.73 Å². The molecule has 1 aliphatic heterocycles. The maximum atomic E-state index is 5.30. The molecule has 0 amide bonds. The highest BCUT2D eigenvalue weighted by Gasteiger charge is 2.00. The molecule has 0 unspecified atom stereocenters. The van der Waals surface area contributed by atoms with E-state index in [1.165, 1.54) is 0 Å². The van der Waals surface area contributed by atoms with E-state index in [1.807, 2.05) is 6.92 Å². The van der Waals surface area contributed by atoms with Crippen LogP contribution in [0.2, 0.25) is 0 Å². The third kappa shape index (κ3) is 0.607. The highest BCUT2D eigenvalue weighted by Crippen LogP contribution is 1.88. The van der Waals surface area contributed by atoms with Crippen LogP contribution in [0, 0.1) is 0 Å². The minimum atomic E-state index is 0.525. The second-order valence-electron chi connectivity index (χ2n) is 1.43. The molecule has 0 atom stereocenters. The SMILES string of the molecule is CC1=NCN=C1N. The molecule has 3 nitrogen and oxygen atoms in total. The number of hydrogen-bond donors (Lipinski definition) is 1. The molecular formula is C4H7N3. The minimum absolute atomic E-state index is 0.525. The van der Waals surface area contributed by atoms with E-state index in [1.54, 1.807) is 0 Å². The number of nitrogens with zero attached hydrogens (tertiary/aromatic N) is 2. The van der Waals surface area contributed by atoms with Crippen LogP contribution in [0.25, 0.3) is 0 Å². The lowest BCUT2D eigenvalue weighted by atomic mass is 10.4. The molecule has 0 aromatic rings. The normalized spacial score (nSPS) is 19.0. The Morgan fingerprint density at radius 2 is 2.29 bits per heavy atom. The van der Waals surface area contributed by atoms with Gasteiger partial charge in [0, 0.05) is 0 Å². The summed E-state index contributed by atoms with van der Waals surface area (Å²) in [5.41, 5.74) is 6.16. The number of amidine groups is 1. The lowest BCUT2D eigenvalue weighted by Crippen LogP contribution is -2.17. The van der Waals surface area contributed by atoms with Gasteiger partial charge in [-0.15, -0.1) is 0 Å². The molecule has 38 valence electrons. The van der Waals surface area contributed by atoms with Crippen molar-refractivity contribution in [3.05, 3.63) is 0 Å². The molecule has 1 aliphatic rings. The Morgan fingerprint density at radius 1 is 1.57 bits per heavy atom. The first kappa shape index (κ1) is 4.30. The minimum Gasteiger partial charge on any atom is -0.382 e. The smallest absolute Gasteiger partial charge is 0.141 e. The van der Waals surface area contributed by atoms with Crippen LogP contribution in [-0.2, 0) is 0 Å². The summed E-state index contributed by atoms with van der Waals surface area (Å²) in [4.78, 5) is 7.71. The summed E-state index contributed by atoms with van der Waals surface area (Å²) >= 11 is 0. The Morgan fingerprint density at radius 3 is 2.43 bits per heavy atom. The van der Waals surface area contributed by atoms with E-state index in [2.05, 4.69) is 9.98 Å². The Hall–Kier alpha value is -0.860. The summed E-state index contributed by atoms with van der Waals surface area (Å²) in [6.45, 7) is 2.38. The molecule has 0 saturated carbocycles. The standard InChI is InChI=1S/C4H7N3/c1-3-4(5)7-2-6-3/h2H2,1H3,(H2,5,7). The van der Waals surface area contributed by atoms with Crippen molar-refractivity contribution < 1.29 is 0 Å². The van der Waals surface area contributed by atoms with Gasteiger partial charge in [-0.2, -0.15) is 0 Å². The van der Waals surface area contributed by atoms with E-state index in [-0.39, 0.29) is 0 Å². The molecule has 0 bridgehead atoms. The van der Waals surface area contributed by atoms with Gasteiger partial charge in [0.15, 0.2) is 0 Å². The average molecular weight is 97.1 g/mol. The fourth-order valence-corrected chi connectivity index (χ4v) is 0.413. The second kappa shape index (κ2) is 1.33. The van der Waals surface area contributed by atoms with Crippen molar-refractivity contribution in [2.24, 2.45) is 15.7 Å². The lowest BCUT2D eigenvalue weighted by Gasteiger charge is -1.83. The molecule has 0 aromatic heterocycles. The maximum absolute atomic E-state index is 5.30. The van der Waals surface area contributed by atoms with Crippen LogP contribution in [0.3, 0.4) is 0 Å². The monoisotopic (exact) mass is 97.1 g/mol. The van der Waals surface area contributed by atoms with Gasteiger partial charge in [0.25, 0.3) is 0 Å². The molecular weight excluding hydrogens is 90.1 g/mol. The highest BCUT2D eigenvalue weighted by atomic mass is 15.0. The zero-order valence-electron chi connectivity index (χ0n) is 4.18. The van der Waals surface area contributed by atoms with Gasteiger partial charge in [0.1, 0.15) is 12.5 Å². The molecule has 7 heavy (non-hydrogen) atoms. The molecule has 0 spiro atoms. The van der Waals surface area contributed by atoms with Crippen LogP contribution in [0.4, 0.5) is 0 Å². The Bertz CT molecular complexity index is 118. The molecule has 0 radical (unpaired) electrons. The predicted molar refractivity (Wildman–Crippen MR) is 29.6 cm³/mol. The molecule has 1 rings (SSSR count). The Balaban J connectivity index is 2.78. The van der Waals surface area contributed by atoms with Crippen LogP contribution in [0.5, 0.6) is 0 Å². The van der Waals surface area contributed by atoms with Gasteiger partial charge in [0.2, 0.25) is 0 Å². The van der Waals surface area contributed by atoms with Crippen LogP contribution in [0.15, 0.2) is 9.98 Å². The quantitative estimate of drug-likeness (QED) is 0.446. The molecule has 2 N–H and O–H groups in total. The van der Waals surface area contributed by atoms with Crippen LogP contribution >= 0.6 is 0 Å². The van der Waals surface area contributed by atoms with Crippen LogP contribution in [-0.4, -0.2) is 18.2 Å². The highest BCUT2D eigenvalue weighted by molar-refractivity contribution is 6.40. The predicted octanol–water partition coefficient (Wildman–Crippen LogP) is -0.224. The largest absolute Gasteiger partial charge is 0.382 e. The van der Waals surface area contributed by atoms with Crippen LogP contribution < -0.4 is 5.73 Å². The van der Waals surface area contributed by atoms with Gasteiger partial charge in [-0.1, -0.05) is 0 Å². The van der Waals surface area contributed by atoms with Crippen molar-refractivity contribution in [3.63, 3.8) is 0 Å². The average Bonchev–Trinajstić information content (AvgIpc) is 1.91. The van der Waals surface area contributed by atoms with Crippen molar-refractivity contribution in [1.29, 1.82) is 0 Å². The van der Waals surface area contributed by atoms with Crippen molar-refractivity contribution in [3.8, 4) is 0 Å². The van der Waals surface area contributed by atoms with E-state index < -0.39 is 0 Å². The number of aliphatic imine (C=N–C) groups is 2. The Kier molecular flexibility index (Phi) is 0.817. The molecule has 0 aromatic carbocycles. The van der Waals surface area contributed by atoms with E-state index >= 15 is 0 Å². The van der Waals surface area contributed by atoms with Gasteiger partial charge < -0.3 is 5.73 Å². The zero-order valence-corrected chi connectivity index (χ0v) is 4.18. The van der Waals surface area contributed by atoms with Gasteiger partial charge in [-0.05, 0) is 6.92 Å². The topological polar surface area (TPSA) is 50.7 Å². The summed E-state index contributed by atoms with van der Waals surface area (Å²) in [5.74, 6) is 0.583. The molecule has 3 heteroatoms. The third-order valence-corrected chi connectivity index (χ3v) is 0.920. The summed E-state index contributed by atoms with van der Waals surface area (Å²) in [6, 6.07) is 0. The van der Waals surface area contributed by atoms with Gasteiger partial charge in [0.05, 0.1) is 5.71 Å². The van der Waals surface area contributed by atoms with E-state index in [0.29, 0.717) is 12.5 Å². The first-order chi connectivity index (χ1) is 3.30. The molecule has 0 aliphatic carbocycles. The van der Waals surface area contributed by atoms with Crippen molar-refractivity contribution in [1.82, 2.24) is 0 Å². The second-order valence-corrected chi connectivity index (χ2v) is 1.43. The van der Waals surface area contributed by atoms with Gasteiger partial charge in [-0.25, -0.2) is 4.99 Å². The van der Waals surface area contributed by atoms with Gasteiger partial charge >= 0.3 is 0 Å². The van der Waals surface area contributed by atoms with E-state index in [0.717, 1.165) is 5.71 Å². The third-order valence-electron chi connectivity index (χ3n) is 0.920. The Labute approximate surface area is 42.0 Å².